The van der Waals surface area contributed by atoms with E-state index in [1.165, 1.54) is 0 Å². The smallest absolute Gasteiger partial charge is 0.274 e. The van der Waals surface area contributed by atoms with Crippen LogP contribution in [0.2, 0.25) is 0 Å². The van der Waals surface area contributed by atoms with Crippen LogP contribution in [0.5, 0.6) is 0 Å². The second kappa shape index (κ2) is 4.35. The molecule has 0 aromatic carbocycles. The highest BCUT2D eigenvalue weighted by atomic mass is 16.2. The average Bonchev–Trinajstić information content (AvgIpc) is 2.29. The number of rotatable bonds is 1. The molecular formula is C13H19N3O. The molecule has 1 aliphatic heterocycles. The van der Waals surface area contributed by atoms with E-state index in [0.717, 1.165) is 25.9 Å². The van der Waals surface area contributed by atoms with Gasteiger partial charge in [0.05, 0.1) is 5.69 Å². The molecule has 92 valence electrons. The Morgan fingerprint density at radius 2 is 2.06 bits per heavy atom. The summed E-state index contributed by atoms with van der Waals surface area (Å²) in [6.45, 7) is 6.07. The topological polar surface area (TPSA) is 59.2 Å². The third kappa shape index (κ3) is 2.57. The van der Waals surface area contributed by atoms with E-state index in [1.807, 2.05) is 4.90 Å². The summed E-state index contributed by atoms with van der Waals surface area (Å²) in [5.41, 5.74) is 6.95. The molecule has 0 radical (unpaired) electrons. The number of hydrogen-bond donors (Lipinski definition) is 1. The lowest BCUT2D eigenvalue weighted by molar-refractivity contribution is 0.0625. The van der Waals surface area contributed by atoms with E-state index in [0.29, 0.717) is 16.8 Å². The van der Waals surface area contributed by atoms with Crippen LogP contribution < -0.4 is 5.73 Å². The lowest BCUT2D eigenvalue weighted by atomic mass is 9.82. The highest BCUT2D eigenvalue weighted by Crippen LogP contribution is 2.30. The number of carbonyl (C=O) groups excluding carboxylic acids is 1. The fourth-order valence-electron chi connectivity index (χ4n) is 2.06. The number of pyridine rings is 1. The molecule has 1 fully saturated rings. The minimum Gasteiger partial charge on any atom is -0.397 e. The summed E-state index contributed by atoms with van der Waals surface area (Å²) in [5, 5.41) is 0. The zero-order valence-electron chi connectivity index (χ0n) is 10.4. The van der Waals surface area contributed by atoms with Crippen molar-refractivity contribution < 1.29 is 4.79 Å². The van der Waals surface area contributed by atoms with Crippen LogP contribution in [0.4, 0.5) is 5.69 Å². The molecule has 2 N–H and O–H groups in total. The Balaban J connectivity index is 2.10. The molecular weight excluding hydrogens is 214 g/mol. The second-order valence-corrected chi connectivity index (χ2v) is 5.40. The molecule has 4 heteroatoms. The number of nitrogens with zero attached hydrogens (tertiary/aromatic N) is 2. The summed E-state index contributed by atoms with van der Waals surface area (Å²) in [6.07, 6.45) is 3.68. The van der Waals surface area contributed by atoms with Crippen LogP contribution in [0.3, 0.4) is 0 Å². The molecule has 1 amide bonds. The van der Waals surface area contributed by atoms with E-state index in [-0.39, 0.29) is 5.91 Å². The number of nitrogens with two attached hydrogens (primary N) is 1. The van der Waals surface area contributed by atoms with Crippen LogP contribution >= 0.6 is 0 Å². The number of anilines is 1. The lowest BCUT2D eigenvalue weighted by Gasteiger charge is -2.36. The third-order valence-corrected chi connectivity index (χ3v) is 3.45. The number of hydrogen-bond acceptors (Lipinski definition) is 3. The lowest BCUT2D eigenvalue weighted by Crippen LogP contribution is -2.41. The first-order valence-electron chi connectivity index (χ1n) is 5.99. The van der Waals surface area contributed by atoms with Crippen LogP contribution in [0.1, 0.15) is 37.2 Å². The molecule has 1 aromatic heterocycles. The molecule has 0 aliphatic carbocycles. The Bertz CT molecular complexity index is 418. The van der Waals surface area contributed by atoms with Gasteiger partial charge in [-0.2, -0.15) is 0 Å². The van der Waals surface area contributed by atoms with Gasteiger partial charge in [-0.15, -0.1) is 0 Å². The van der Waals surface area contributed by atoms with Gasteiger partial charge in [-0.05, 0) is 30.4 Å². The van der Waals surface area contributed by atoms with Gasteiger partial charge >= 0.3 is 0 Å². The monoisotopic (exact) mass is 233 g/mol. The van der Waals surface area contributed by atoms with Crippen molar-refractivity contribution in [3.63, 3.8) is 0 Å². The highest BCUT2D eigenvalue weighted by molar-refractivity contribution is 5.97. The third-order valence-electron chi connectivity index (χ3n) is 3.45. The van der Waals surface area contributed by atoms with Crippen LogP contribution in [0, 0.1) is 5.41 Å². The molecule has 2 heterocycles. The summed E-state index contributed by atoms with van der Waals surface area (Å²) in [4.78, 5) is 18.1. The number of piperidine rings is 1. The second-order valence-electron chi connectivity index (χ2n) is 5.40. The number of aromatic nitrogens is 1. The number of carbonyl (C=O) groups is 1. The van der Waals surface area contributed by atoms with Crippen LogP contribution in [-0.2, 0) is 0 Å². The molecule has 0 unspecified atom stereocenters. The normalized spacial score (nSPS) is 19.1. The van der Waals surface area contributed by atoms with Gasteiger partial charge in [-0.1, -0.05) is 13.8 Å². The van der Waals surface area contributed by atoms with Crippen molar-refractivity contribution in [1.82, 2.24) is 9.88 Å². The average molecular weight is 233 g/mol. The first kappa shape index (κ1) is 11.9. The van der Waals surface area contributed by atoms with E-state index in [9.17, 15) is 4.79 Å². The first-order valence-corrected chi connectivity index (χ1v) is 5.99. The summed E-state index contributed by atoms with van der Waals surface area (Å²) < 4.78 is 0. The molecule has 17 heavy (non-hydrogen) atoms. The predicted molar refractivity (Wildman–Crippen MR) is 67.6 cm³/mol. The molecule has 2 rings (SSSR count). The number of nitrogen functional groups attached to an aromatic ring is 1. The van der Waals surface area contributed by atoms with Crippen molar-refractivity contribution in [1.29, 1.82) is 0 Å². The summed E-state index contributed by atoms with van der Waals surface area (Å²) in [6, 6.07) is 3.46. The van der Waals surface area contributed by atoms with Gasteiger partial charge in [0.25, 0.3) is 5.91 Å². The van der Waals surface area contributed by atoms with Crippen molar-refractivity contribution in [3.05, 3.63) is 24.0 Å². The van der Waals surface area contributed by atoms with Gasteiger partial charge in [-0.3, -0.25) is 4.79 Å². The van der Waals surface area contributed by atoms with Crippen molar-refractivity contribution in [3.8, 4) is 0 Å². The van der Waals surface area contributed by atoms with Crippen LogP contribution in [-0.4, -0.2) is 28.9 Å². The molecule has 0 bridgehead atoms. The summed E-state index contributed by atoms with van der Waals surface area (Å²) in [5.74, 6) is -0.0430. The minimum atomic E-state index is -0.0430. The number of amides is 1. The minimum absolute atomic E-state index is 0.0430. The fraction of sp³-hybridized carbons (Fsp3) is 0.538. The summed E-state index contributed by atoms with van der Waals surface area (Å²) in [7, 11) is 0. The largest absolute Gasteiger partial charge is 0.397 e. The maximum Gasteiger partial charge on any atom is 0.274 e. The van der Waals surface area contributed by atoms with E-state index in [4.69, 9.17) is 5.73 Å². The predicted octanol–water partition coefficient (Wildman–Crippen LogP) is 1.93. The number of likely N-dealkylation sites (tertiary alicyclic amines) is 1. The maximum absolute atomic E-state index is 12.2. The van der Waals surface area contributed by atoms with Crippen molar-refractivity contribution in [2.45, 2.75) is 26.7 Å². The van der Waals surface area contributed by atoms with Gasteiger partial charge < -0.3 is 10.6 Å². The fourth-order valence-corrected chi connectivity index (χ4v) is 2.06. The van der Waals surface area contributed by atoms with E-state index < -0.39 is 0 Å². The summed E-state index contributed by atoms with van der Waals surface area (Å²) >= 11 is 0. The standard InChI is InChI=1S/C13H19N3O/c1-13(2)5-8-16(9-6-13)12(17)11-10(14)4-3-7-15-11/h3-4,7H,5-6,8-9,14H2,1-2H3. The zero-order valence-corrected chi connectivity index (χ0v) is 10.4. The SMILES string of the molecule is CC1(C)CCN(C(=O)c2ncccc2N)CC1. The van der Waals surface area contributed by atoms with E-state index in [2.05, 4.69) is 18.8 Å². The van der Waals surface area contributed by atoms with Gasteiger partial charge in [-0.25, -0.2) is 4.98 Å². The van der Waals surface area contributed by atoms with Crippen molar-refractivity contribution >= 4 is 11.6 Å². The molecule has 4 nitrogen and oxygen atoms in total. The van der Waals surface area contributed by atoms with Gasteiger partial charge in [0.15, 0.2) is 5.69 Å². The molecule has 0 spiro atoms. The quantitative estimate of drug-likeness (QED) is 0.806. The molecule has 0 saturated carbocycles. The Morgan fingerprint density at radius 3 is 2.65 bits per heavy atom. The Morgan fingerprint density at radius 1 is 1.41 bits per heavy atom. The maximum atomic E-state index is 12.2. The van der Waals surface area contributed by atoms with E-state index >= 15 is 0 Å². The highest BCUT2D eigenvalue weighted by Gasteiger charge is 2.29. The first-order chi connectivity index (χ1) is 7.99. The van der Waals surface area contributed by atoms with Gasteiger partial charge in [0.2, 0.25) is 0 Å². The molecule has 1 aromatic rings. The molecule has 1 saturated heterocycles. The van der Waals surface area contributed by atoms with Crippen molar-refractivity contribution in [2.24, 2.45) is 5.41 Å². The zero-order chi connectivity index (χ0) is 12.5. The van der Waals surface area contributed by atoms with Crippen LogP contribution in [0.15, 0.2) is 18.3 Å². The molecule has 1 aliphatic rings. The Kier molecular flexibility index (Phi) is 3.05. The van der Waals surface area contributed by atoms with Crippen molar-refractivity contribution in [2.75, 3.05) is 18.8 Å². The van der Waals surface area contributed by atoms with Gasteiger partial charge in [0, 0.05) is 19.3 Å². The molecule has 0 atom stereocenters. The van der Waals surface area contributed by atoms with Crippen LogP contribution in [0.25, 0.3) is 0 Å². The van der Waals surface area contributed by atoms with E-state index in [1.54, 1.807) is 18.3 Å². The van der Waals surface area contributed by atoms with Gasteiger partial charge in [0.1, 0.15) is 0 Å². The Hall–Kier alpha value is -1.58. The Labute approximate surface area is 102 Å².